The Kier molecular flexibility index (Phi) is 6.18. The van der Waals surface area contributed by atoms with Crippen molar-refractivity contribution < 1.29 is 13.9 Å². The second-order valence-electron chi connectivity index (χ2n) is 6.74. The van der Waals surface area contributed by atoms with Crippen LogP contribution in [0.3, 0.4) is 0 Å². The molecule has 9 heteroatoms. The van der Waals surface area contributed by atoms with E-state index in [1.54, 1.807) is 0 Å². The van der Waals surface area contributed by atoms with Crippen LogP contribution >= 0.6 is 11.3 Å². The molecule has 1 aliphatic rings. The molecule has 8 nitrogen and oxygen atoms in total. The topological polar surface area (TPSA) is 89.6 Å². The second-order valence-corrected chi connectivity index (χ2v) is 7.69. The van der Waals surface area contributed by atoms with Gasteiger partial charge in [-0.05, 0) is 22.6 Å². The van der Waals surface area contributed by atoms with Gasteiger partial charge in [-0.2, -0.15) is 4.68 Å². The quantitative estimate of drug-likeness (QED) is 0.633. The lowest BCUT2D eigenvalue weighted by Gasteiger charge is -2.27. The first-order valence-electron chi connectivity index (χ1n) is 9.44. The lowest BCUT2D eigenvalue weighted by atomic mass is 10.1. The Balaban J connectivity index is 1.36. The SMILES string of the molecule is O=C(Cn1nc(-c2cccs2)oc1=O)NCc1ccccc1CN1CCOCC1. The Morgan fingerprint density at radius 1 is 1.14 bits per heavy atom. The van der Waals surface area contributed by atoms with Gasteiger partial charge >= 0.3 is 5.76 Å². The van der Waals surface area contributed by atoms with Gasteiger partial charge < -0.3 is 14.5 Å². The molecular weight excluding hydrogens is 392 g/mol. The predicted molar refractivity (Wildman–Crippen MR) is 108 cm³/mol. The van der Waals surface area contributed by atoms with E-state index in [2.05, 4.69) is 21.4 Å². The molecule has 0 bridgehead atoms. The summed E-state index contributed by atoms with van der Waals surface area (Å²) in [5.74, 6) is -0.704. The summed E-state index contributed by atoms with van der Waals surface area (Å²) in [7, 11) is 0. The normalized spacial score (nSPS) is 14.8. The number of carbonyl (C=O) groups excluding carboxylic acids is 1. The van der Waals surface area contributed by atoms with Gasteiger partial charge in [-0.25, -0.2) is 4.79 Å². The van der Waals surface area contributed by atoms with E-state index >= 15 is 0 Å². The minimum absolute atomic E-state index is 0.181. The number of rotatable bonds is 7. The zero-order chi connectivity index (χ0) is 20.1. The average molecular weight is 414 g/mol. The number of hydrogen-bond acceptors (Lipinski definition) is 7. The molecule has 1 amide bonds. The van der Waals surface area contributed by atoms with Crippen LogP contribution in [-0.4, -0.2) is 46.9 Å². The van der Waals surface area contributed by atoms with Crippen LogP contribution in [0.1, 0.15) is 11.1 Å². The van der Waals surface area contributed by atoms with Crippen molar-refractivity contribution in [1.82, 2.24) is 20.0 Å². The number of carbonyl (C=O) groups is 1. The van der Waals surface area contributed by atoms with E-state index in [-0.39, 0.29) is 18.3 Å². The third-order valence-electron chi connectivity index (χ3n) is 4.72. The first-order valence-corrected chi connectivity index (χ1v) is 10.3. The van der Waals surface area contributed by atoms with Crippen molar-refractivity contribution in [2.45, 2.75) is 19.6 Å². The number of benzene rings is 1. The molecule has 1 aliphatic heterocycles. The summed E-state index contributed by atoms with van der Waals surface area (Å²) in [6, 6.07) is 11.7. The standard InChI is InChI=1S/C20H22N4O4S/c25-18(14-24-20(26)28-19(22-24)17-6-3-11-29-17)21-12-15-4-1-2-5-16(15)13-23-7-9-27-10-8-23/h1-6,11H,7-10,12-14H2,(H,21,25). The van der Waals surface area contributed by atoms with E-state index in [9.17, 15) is 9.59 Å². The summed E-state index contributed by atoms with van der Waals surface area (Å²) in [5.41, 5.74) is 2.23. The van der Waals surface area contributed by atoms with Gasteiger partial charge in [-0.15, -0.1) is 16.4 Å². The number of thiophene rings is 1. The maximum Gasteiger partial charge on any atom is 0.437 e. The van der Waals surface area contributed by atoms with Crippen LogP contribution in [-0.2, 0) is 29.2 Å². The van der Waals surface area contributed by atoms with E-state index in [0.29, 0.717) is 6.54 Å². The van der Waals surface area contributed by atoms with Gasteiger partial charge in [-0.1, -0.05) is 30.3 Å². The summed E-state index contributed by atoms with van der Waals surface area (Å²) in [5, 5.41) is 8.86. The molecular formula is C20H22N4O4S. The first-order chi connectivity index (χ1) is 14.2. The number of nitrogens with zero attached hydrogens (tertiary/aromatic N) is 3. The van der Waals surface area contributed by atoms with Gasteiger partial charge in [0.05, 0.1) is 18.1 Å². The molecule has 152 valence electrons. The monoisotopic (exact) mass is 414 g/mol. The summed E-state index contributed by atoms with van der Waals surface area (Å²) in [6.45, 7) is 4.34. The molecule has 3 heterocycles. The third-order valence-corrected chi connectivity index (χ3v) is 5.58. The summed E-state index contributed by atoms with van der Waals surface area (Å²) in [4.78, 5) is 27.4. The summed E-state index contributed by atoms with van der Waals surface area (Å²) in [6.07, 6.45) is 0. The predicted octanol–water partition coefficient (Wildman–Crippen LogP) is 1.71. The minimum Gasteiger partial charge on any atom is -0.387 e. The minimum atomic E-state index is -0.642. The maximum atomic E-state index is 12.4. The molecule has 4 rings (SSSR count). The fraction of sp³-hybridized carbons (Fsp3) is 0.350. The van der Waals surface area contributed by atoms with Crippen molar-refractivity contribution in [1.29, 1.82) is 0 Å². The molecule has 3 aromatic rings. The van der Waals surface area contributed by atoms with Crippen LogP contribution in [0, 0.1) is 0 Å². The summed E-state index contributed by atoms with van der Waals surface area (Å²) < 4.78 is 11.6. The highest BCUT2D eigenvalue weighted by atomic mass is 32.1. The highest BCUT2D eigenvalue weighted by Crippen LogP contribution is 2.21. The van der Waals surface area contributed by atoms with Gasteiger partial charge in [0.15, 0.2) is 0 Å². The molecule has 1 aromatic carbocycles. The molecule has 0 saturated carbocycles. The van der Waals surface area contributed by atoms with E-state index < -0.39 is 5.76 Å². The zero-order valence-electron chi connectivity index (χ0n) is 15.9. The molecule has 0 atom stereocenters. The van der Waals surface area contributed by atoms with E-state index in [4.69, 9.17) is 9.15 Å². The third kappa shape index (κ3) is 5.00. The molecule has 0 unspecified atom stereocenters. The summed E-state index contributed by atoms with van der Waals surface area (Å²) >= 11 is 1.42. The molecule has 0 radical (unpaired) electrons. The Morgan fingerprint density at radius 3 is 2.69 bits per heavy atom. The van der Waals surface area contributed by atoms with Gasteiger partial charge in [0.1, 0.15) is 6.54 Å². The van der Waals surface area contributed by atoms with Gasteiger partial charge in [0.2, 0.25) is 5.91 Å². The molecule has 29 heavy (non-hydrogen) atoms. The number of amides is 1. The van der Waals surface area contributed by atoms with Crippen LogP contribution < -0.4 is 11.1 Å². The van der Waals surface area contributed by atoms with Crippen LogP contribution in [0.25, 0.3) is 10.8 Å². The highest BCUT2D eigenvalue weighted by Gasteiger charge is 2.15. The molecule has 2 aromatic heterocycles. The van der Waals surface area contributed by atoms with Crippen molar-refractivity contribution in [3.63, 3.8) is 0 Å². The largest absolute Gasteiger partial charge is 0.437 e. The number of nitrogens with one attached hydrogen (secondary N) is 1. The lowest BCUT2D eigenvalue weighted by molar-refractivity contribution is -0.122. The smallest absolute Gasteiger partial charge is 0.387 e. The van der Waals surface area contributed by atoms with Crippen LogP contribution in [0.5, 0.6) is 0 Å². The Bertz CT molecular complexity index is 1010. The van der Waals surface area contributed by atoms with Gasteiger partial charge in [0, 0.05) is 26.2 Å². The lowest BCUT2D eigenvalue weighted by Crippen LogP contribution is -2.36. The Labute approximate surface area is 171 Å². The molecule has 1 saturated heterocycles. The van der Waals surface area contributed by atoms with Crippen molar-refractivity contribution >= 4 is 17.2 Å². The van der Waals surface area contributed by atoms with Crippen molar-refractivity contribution in [3.8, 4) is 10.8 Å². The zero-order valence-corrected chi connectivity index (χ0v) is 16.7. The Hall–Kier alpha value is -2.75. The second kappa shape index (κ2) is 9.17. The Morgan fingerprint density at radius 2 is 1.93 bits per heavy atom. The van der Waals surface area contributed by atoms with Crippen LogP contribution in [0.2, 0.25) is 0 Å². The molecule has 1 fully saturated rings. The number of aromatic nitrogens is 2. The molecule has 0 aliphatic carbocycles. The van der Waals surface area contributed by atoms with Crippen molar-refractivity contribution in [2.24, 2.45) is 0 Å². The fourth-order valence-electron chi connectivity index (χ4n) is 3.18. The first kappa shape index (κ1) is 19.6. The number of ether oxygens (including phenoxy) is 1. The number of morpholine rings is 1. The van der Waals surface area contributed by atoms with Crippen LogP contribution in [0.4, 0.5) is 0 Å². The van der Waals surface area contributed by atoms with E-state index in [0.717, 1.165) is 48.0 Å². The average Bonchev–Trinajstić information content (AvgIpc) is 3.39. The maximum absolute atomic E-state index is 12.4. The molecule has 0 spiro atoms. The number of hydrogen-bond donors (Lipinski definition) is 1. The van der Waals surface area contributed by atoms with Gasteiger partial charge in [-0.3, -0.25) is 9.69 Å². The highest BCUT2D eigenvalue weighted by molar-refractivity contribution is 7.13. The van der Waals surface area contributed by atoms with Gasteiger partial charge in [0.25, 0.3) is 5.89 Å². The van der Waals surface area contributed by atoms with E-state index in [1.165, 1.54) is 16.9 Å². The fourth-order valence-corrected chi connectivity index (χ4v) is 3.82. The molecule has 1 N–H and O–H groups in total. The van der Waals surface area contributed by atoms with Crippen LogP contribution in [0.15, 0.2) is 51.0 Å². The van der Waals surface area contributed by atoms with Crippen molar-refractivity contribution in [2.75, 3.05) is 26.3 Å². The van der Waals surface area contributed by atoms with E-state index in [1.807, 2.05) is 35.7 Å². The van der Waals surface area contributed by atoms with Crippen molar-refractivity contribution in [3.05, 3.63) is 63.5 Å².